The Morgan fingerprint density at radius 1 is 1.18 bits per heavy atom. The number of hydrogen-bond donors (Lipinski definition) is 0. The van der Waals surface area contributed by atoms with Crippen molar-refractivity contribution in [2.45, 2.75) is 24.7 Å². The first-order valence-electron chi connectivity index (χ1n) is 8.96. The molecule has 0 atom stereocenters. The molecule has 0 unspecified atom stereocenters. The number of rotatable bonds is 5. The van der Waals surface area contributed by atoms with E-state index in [9.17, 15) is 22.9 Å². The van der Waals surface area contributed by atoms with Crippen molar-refractivity contribution in [3.05, 3.63) is 45.9 Å². The van der Waals surface area contributed by atoms with Gasteiger partial charge >= 0.3 is 5.69 Å². The normalized spacial score (nSPS) is 16.2. The van der Waals surface area contributed by atoms with E-state index in [-0.39, 0.29) is 23.7 Å². The van der Waals surface area contributed by atoms with Crippen molar-refractivity contribution < 1.29 is 17.7 Å². The van der Waals surface area contributed by atoms with Gasteiger partial charge in [0.25, 0.3) is 0 Å². The SMILES string of the molecule is CCc1nn(C)c(N2CCCN(S(=O)(=O)c3ccc(F)cc3)CC2)c1[N+](=O)[O-]. The van der Waals surface area contributed by atoms with E-state index in [0.717, 1.165) is 12.1 Å². The van der Waals surface area contributed by atoms with Gasteiger partial charge in [-0.05, 0) is 37.1 Å². The summed E-state index contributed by atoms with van der Waals surface area (Å²) in [5.41, 5.74) is 0.377. The Morgan fingerprint density at radius 2 is 1.86 bits per heavy atom. The first-order chi connectivity index (χ1) is 13.3. The second kappa shape index (κ2) is 7.84. The molecule has 0 aliphatic carbocycles. The second-order valence-electron chi connectivity index (χ2n) is 6.55. The van der Waals surface area contributed by atoms with E-state index < -0.39 is 20.8 Å². The van der Waals surface area contributed by atoms with Gasteiger partial charge in [0.15, 0.2) is 0 Å². The van der Waals surface area contributed by atoms with Crippen LogP contribution in [0.3, 0.4) is 0 Å². The van der Waals surface area contributed by atoms with Crippen LogP contribution in [0.15, 0.2) is 29.2 Å². The van der Waals surface area contributed by atoms with Crippen molar-refractivity contribution >= 4 is 21.5 Å². The van der Waals surface area contributed by atoms with Gasteiger partial charge in [-0.1, -0.05) is 6.92 Å². The lowest BCUT2D eigenvalue weighted by Gasteiger charge is -2.22. The molecule has 1 aromatic carbocycles. The Kier molecular flexibility index (Phi) is 5.66. The lowest BCUT2D eigenvalue weighted by molar-refractivity contribution is -0.384. The summed E-state index contributed by atoms with van der Waals surface area (Å²) in [6.07, 6.45) is 0.938. The largest absolute Gasteiger partial charge is 0.350 e. The minimum Gasteiger partial charge on any atom is -0.350 e. The number of nitro groups is 1. The number of sulfonamides is 1. The van der Waals surface area contributed by atoms with Gasteiger partial charge < -0.3 is 4.90 Å². The average molecular weight is 411 g/mol. The minimum atomic E-state index is -3.76. The second-order valence-corrected chi connectivity index (χ2v) is 8.49. The molecular formula is C17H22FN5O4S. The lowest BCUT2D eigenvalue weighted by atomic mass is 10.2. The Morgan fingerprint density at radius 3 is 2.46 bits per heavy atom. The zero-order valence-electron chi connectivity index (χ0n) is 15.7. The molecule has 1 aliphatic rings. The van der Waals surface area contributed by atoms with Crippen LogP contribution in [-0.4, -0.2) is 53.6 Å². The maximum Gasteiger partial charge on any atom is 0.334 e. The van der Waals surface area contributed by atoms with Gasteiger partial charge in [0.05, 0.1) is 9.82 Å². The Balaban J connectivity index is 1.86. The smallest absolute Gasteiger partial charge is 0.334 e. The molecule has 1 aromatic heterocycles. The van der Waals surface area contributed by atoms with Crippen LogP contribution in [-0.2, 0) is 23.5 Å². The van der Waals surface area contributed by atoms with Crippen LogP contribution in [0.2, 0.25) is 0 Å². The third kappa shape index (κ3) is 3.72. The van der Waals surface area contributed by atoms with E-state index in [2.05, 4.69) is 5.10 Å². The Labute approximate surface area is 162 Å². The molecule has 152 valence electrons. The summed E-state index contributed by atoms with van der Waals surface area (Å²) in [4.78, 5) is 13.0. The molecule has 1 aliphatic heterocycles. The molecule has 2 aromatic rings. The summed E-state index contributed by atoms with van der Waals surface area (Å²) in [5.74, 6) is -0.112. The van der Waals surface area contributed by atoms with Gasteiger partial charge in [0.1, 0.15) is 11.5 Å². The number of halogens is 1. The predicted molar refractivity (Wildman–Crippen MR) is 101 cm³/mol. The maximum atomic E-state index is 13.1. The first kappa shape index (κ1) is 20.2. The molecule has 3 rings (SSSR count). The Hall–Kier alpha value is -2.53. The predicted octanol–water partition coefficient (Wildman–Crippen LogP) is 1.93. The van der Waals surface area contributed by atoms with Gasteiger partial charge in [-0.3, -0.25) is 10.1 Å². The van der Waals surface area contributed by atoms with Crippen LogP contribution in [0.25, 0.3) is 0 Å². The van der Waals surface area contributed by atoms with E-state index in [0.29, 0.717) is 37.4 Å². The quantitative estimate of drug-likeness (QED) is 0.550. The maximum absolute atomic E-state index is 13.1. The molecule has 1 fully saturated rings. The third-order valence-corrected chi connectivity index (χ3v) is 6.70. The van der Waals surface area contributed by atoms with Crippen molar-refractivity contribution in [1.82, 2.24) is 14.1 Å². The van der Waals surface area contributed by atoms with Crippen LogP contribution in [0.1, 0.15) is 19.0 Å². The summed E-state index contributed by atoms with van der Waals surface area (Å²) in [6, 6.07) is 4.71. The number of nitrogens with zero attached hydrogens (tertiary/aromatic N) is 5. The number of aryl methyl sites for hydroxylation is 2. The summed E-state index contributed by atoms with van der Waals surface area (Å²) in [7, 11) is -2.11. The highest BCUT2D eigenvalue weighted by Gasteiger charge is 2.33. The molecule has 0 radical (unpaired) electrons. The fourth-order valence-electron chi connectivity index (χ4n) is 3.44. The van der Waals surface area contributed by atoms with Crippen molar-refractivity contribution in [3.63, 3.8) is 0 Å². The van der Waals surface area contributed by atoms with Crippen LogP contribution in [0.5, 0.6) is 0 Å². The molecule has 0 amide bonds. The summed E-state index contributed by atoms with van der Waals surface area (Å²) < 4.78 is 41.6. The summed E-state index contributed by atoms with van der Waals surface area (Å²) in [6.45, 7) is 3.02. The summed E-state index contributed by atoms with van der Waals surface area (Å²) >= 11 is 0. The van der Waals surface area contributed by atoms with E-state index in [4.69, 9.17) is 0 Å². The lowest BCUT2D eigenvalue weighted by Crippen LogP contribution is -2.35. The highest BCUT2D eigenvalue weighted by molar-refractivity contribution is 7.89. The molecule has 28 heavy (non-hydrogen) atoms. The fourth-order valence-corrected chi connectivity index (χ4v) is 4.91. The monoisotopic (exact) mass is 411 g/mol. The van der Waals surface area contributed by atoms with Crippen molar-refractivity contribution in [2.24, 2.45) is 7.05 Å². The van der Waals surface area contributed by atoms with Gasteiger partial charge in [-0.25, -0.2) is 17.5 Å². The number of benzene rings is 1. The average Bonchev–Trinajstić information content (AvgIpc) is 2.82. The molecule has 0 saturated carbocycles. The molecule has 0 bridgehead atoms. The van der Waals surface area contributed by atoms with Crippen LogP contribution >= 0.6 is 0 Å². The van der Waals surface area contributed by atoms with Crippen molar-refractivity contribution in [3.8, 4) is 0 Å². The molecule has 0 N–H and O–H groups in total. The first-order valence-corrected chi connectivity index (χ1v) is 10.4. The Bertz CT molecular complexity index is 974. The highest BCUT2D eigenvalue weighted by atomic mass is 32.2. The molecule has 11 heteroatoms. The van der Waals surface area contributed by atoms with Crippen molar-refractivity contribution in [2.75, 3.05) is 31.1 Å². The topological polar surface area (TPSA) is 102 Å². The van der Waals surface area contributed by atoms with Crippen LogP contribution < -0.4 is 4.90 Å². The van der Waals surface area contributed by atoms with Gasteiger partial charge in [0, 0.05) is 33.2 Å². The third-order valence-electron chi connectivity index (χ3n) is 4.79. The van der Waals surface area contributed by atoms with Gasteiger partial charge in [0.2, 0.25) is 15.8 Å². The molecule has 0 spiro atoms. The van der Waals surface area contributed by atoms with E-state index >= 15 is 0 Å². The minimum absolute atomic E-state index is 0.0279. The van der Waals surface area contributed by atoms with Crippen LogP contribution in [0, 0.1) is 15.9 Å². The molecular weight excluding hydrogens is 389 g/mol. The van der Waals surface area contributed by atoms with E-state index in [1.807, 2.05) is 4.90 Å². The standard InChI is InChI=1S/C17H22FN5O4S/c1-3-15-16(23(24)25)17(20(2)19-15)21-9-4-10-22(12-11-21)28(26,27)14-7-5-13(18)6-8-14/h5-8H,3-4,9-12H2,1-2H3. The molecule has 1 saturated heterocycles. The zero-order valence-corrected chi connectivity index (χ0v) is 16.5. The van der Waals surface area contributed by atoms with E-state index in [1.165, 1.54) is 21.1 Å². The number of hydrogen-bond acceptors (Lipinski definition) is 6. The molecule has 9 nitrogen and oxygen atoms in total. The van der Waals surface area contributed by atoms with Crippen molar-refractivity contribution in [1.29, 1.82) is 0 Å². The summed E-state index contributed by atoms with van der Waals surface area (Å²) in [5, 5.41) is 15.8. The number of aromatic nitrogens is 2. The molecule has 2 heterocycles. The van der Waals surface area contributed by atoms with Gasteiger partial charge in [-0.15, -0.1) is 0 Å². The van der Waals surface area contributed by atoms with Gasteiger partial charge in [-0.2, -0.15) is 9.40 Å². The number of anilines is 1. The highest BCUT2D eigenvalue weighted by Crippen LogP contribution is 2.32. The fraction of sp³-hybridized carbons (Fsp3) is 0.471. The van der Waals surface area contributed by atoms with Crippen LogP contribution in [0.4, 0.5) is 15.9 Å². The zero-order chi connectivity index (χ0) is 20.5. The van der Waals surface area contributed by atoms with E-state index in [1.54, 1.807) is 14.0 Å².